The Morgan fingerprint density at radius 2 is 1.94 bits per heavy atom. The van der Waals surface area contributed by atoms with Crippen molar-refractivity contribution in [2.24, 2.45) is 4.99 Å². The summed E-state index contributed by atoms with van der Waals surface area (Å²) in [4.78, 5) is 15.6. The normalized spacial score (nSPS) is 15.4. The van der Waals surface area contributed by atoms with Gasteiger partial charge in [0, 0.05) is 11.8 Å². The highest BCUT2D eigenvalue weighted by Crippen LogP contribution is 2.20. The first-order chi connectivity index (χ1) is 7.77. The molecule has 0 N–H and O–H groups in total. The van der Waals surface area contributed by atoms with Gasteiger partial charge in [-0.2, -0.15) is 0 Å². The first-order valence-electron chi connectivity index (χ1n) is 5.61. The van der Waals surface area contributed by atoms with E-state index in [-0.39, 0.29) is 5.78 Å². The van der Waals surface area contributed by atoms with E-state index in [1.807, 2.05) is 30.5 Å². The number of aliphatic imine (C=N–C) groups is 1. The zero-order valence-corrected chi connectivity index (χ0v) is 9.44. The van der Waals surface area contributed by atoms with E-state index >= 15 is 0 Å². The van der Waals surface area contributed by atoms with Crippen LogP contribution in [0.3, 0.4) is 0 Å². The predicted molar refractivity (Wildman–Crippen MR) is 66.8 cm³/mol. The maximum atomic E-state index is 11.1. The van der Waals surface area contributed by atoms with E-state index in [1.165, 1.54) is 6.42 Å². The molecule has 0 aromatic heterocycles. The Labute approximate surface area is 95.7 Å². The highest BCUT2D eigenvalue weighted by atomic mass is 16.1. The molecule has 2 heteroatoms. The van der Waals surface area contributed by atoms with E-state index in [0.717, 1.165) is 29.7 Å². The second kappa shape index (κ2) is 4.88. The smallest absolute Gasteiger partial charge is 0.159 e. The second-order valence-electron chi connectivity index (χ2n) is 3.97. The lowest BCUT2D eigenvalue weighted by Gasteiger charge is -2.02. The number of hydrogen-bond acceptors (Lipinski definition) is 2. The van der Waals surface area contributed by atoms with Crippen LogP contribution in [0, 0.1) is 0 Å². The molecule has 16 heavy (non-hydrogen) atoms. The standard InChI is InChI=1S/C14H15NO/c1-11(16)12-6-8-13(9-7-12)14-5-3-2-4-10-15-14/h5-10H,2-4H2,1H3. The van der Waals surface area contributed by atoms with Gasteiger partial charge in [0.05, 0.1) is 5.70 Å². The van der Waals surface area contributed by atoms with Crippen molar-refractivity contribution in [3.63, 3.8) is 0 Å². The number of benzene rings is 1. The summed E-state index contributed by atoms with van der Waals surface area (Å²) in [6, 6.07) is 7.65. The third-order valence-corrected chi connectivity index (χ3v) is 2.69. The Morgan fingerprint density at radius 1 is 1.19 bits per heavy atom. The van der Waals surface area contributed by atoms with Gasteiger partial charge in [-0.1, -0.05) is 30.3 Å². The van der Waals surface area contributed by atoms with E-state index in [4.69, 9.17) is 0 Å². The number of carbonyl (C=O) groups excluding carboxylic acids is 1. The molecule has 0 amide bonds. The van der Waals surface area contributed by atoms with E-state index in [2.05, 4.69) is 11.1 Å². The minimum Gasteiger partial charge on any atom is -0.295 e. The summed E-state index contributed by atoms with van der Waals surface area (Å²) in [5, 5.41) is 0. The third kappa shape index (κ3) is 2.45. The molecular weight excluding hydrogens is 198 g/mol. The maximum Gasteiger partial charge on any atom is 0.159 e. The zero-order valence-electron chi connectivity index (χ0n) is 9.44. The number of ketones is 1. The minimum absolute atomic E-state index is 0.102. The van der Waals surface area contributed by atoms with Crippen LogP contribution in [-0.4, -0.2) is 12.0 Å². The Bertz CT molecular complexity index is 440. The van der Waals surface area contributed by atoms with E-state index < -0.39 is 0 Å². The summed E-state index contributed by atoms with van der Waals surface area (Å²) in [6.07, 6.45) is 7.41. The molecule has 0 saturated carbocycles. The summed E-state index contributed by atoms with van der Waals surface area (Å²) in [7, 11) is 0. The van der Waals surface area contributed by atoms with Crippen molar-refractivity contribution in [3.8, 4) is 0 Å². The number of rotatable bonds is 2. The molecule has 1 aromatic rings. The number of allylic oxidation sites excluding steroid dienone is 1. The van der Waals surface area contributed by atoms with Crippen molar-refractivity contribution in [3.05, 3.63) is 41.5 Å². The lowest BCUT2D eigenvalue weighted by molar-refractivity contribution is 0.101. The van der Waals surface area contributed by atoms with Crippen LogP contribution in [0.4, 0.5) is 0 Å². The summed E-state index contributed by atoms with van der Waals surface area (Å²) >= 11 is 0. The number of hydrogen-bond donors (Lipinski definition) is 0. The van der Waals surface area contributed by atoms with Gasteiger partial charge in [0.1, 0.15) is 0 Å². The summed E-state index contributed by atoms with van der Waals surface area (Å²) in [5.74, 6) is 0.102. The largest absolute Gasteiger partial charge is 0.295 e. The first-order valence-corrected chi connectivity index (χ1v) is 5.61. The van der Waals surface area contributed by atoms with Gasteiger partial charge in [-0.3, -0.25) is 9.79 Å². The Kier molecular flexibility index (Phi) is 3.30. The molecule has 0 unspecified atom stereocenters. The topological polar surface area (TPSA) is 29.4 Å². The van der Waals surface area contributed by atoms with Gasteiger partial charge in [-0.25, -0.2) is 0 Å². The van der Waals surface area contributed by atoms with Crippen LogP contribution in [-0.2, 0) is 0 Å². The molecule has 0 atom stereocenters. The molecular formula is C14H15NO. The number of Topliss-reactive ketones (excluding diaryl/α,β-unsaturated/α-hetero) is 1. The van der Waals surface area contributed by atoms with Gasteiger partial charge in [-0.15, -0.1) is 0 Å². The molecule has 2 nitrogen and oxygen atoms in total. The highest BCUT2D eigenvalue weighted by Gasteiger charge is 2.03. The Morgan fingerprint density at radius 3 is 2.62 bits per heavy atom. The molecule has 0 spiro atoms. The fourth-order valence-corrected chi connectivity index (χ4v) is 1.73. The van der Waals surface area contributed by atoms with Crippen molar-refractivity contribution in [2.45, 2.75) is 26.2 Å². The van der Waals surface area contributed by atoms with Crippen molar-refractivity contribution < 1.29 is 4.79 Å². The van der Waals surface area contributed by atoms with Crippen molar-refractivity contribution in [1.82, 2.24) is 0 Å². The predicted octanol–water partition coefficient (Wildman–Crippen LogP) is 3.48. The van der Waals surface area contributed by atoms with Gasteiger partial charge in [0.25, 0.3) is 0 Å². The summed E-state index contributed by atoms with van der Waals surface area (Å²) < 4.78 is 0. The van der Waals surface area contributed by atoms with Gasteiger partial charge < -0.3 is 0 Å². The molecule has 1 aliphatic rings. The fraction of sp³-hybridized carbons (Fsp3) is 0.286. The van der Waals surface area contributed by atoms with E-state index in [0.29, 0.717) is 0 Å². The van der Waals surface area contributed by atoms with Crippen LogP contribution >= 0.6 is 0 Å². The molecule has 1 aromatic carbocycles. The van der Waals surface area contributed by atoms with Gasteiger partial charge in [0.15, 0.2) is 5.78 Å². The number of nitrogens with zero attached hydrogens (tertiary/aromatic N) is 1. The maximum absolute atomic E-state index is 11.1. The third-order valence-electron chi connectivity index (χ3n) is 2.69. The SMILES string of the molecule is CC(=O)c1ccc(C2=CCCCC=N2)cc1. The lowest BCUT2D eigenvalue weighted by Crippen LogP contribution is -1.91. The van der Waals surface area contributed by atoms with Crippen LogP contribution in [0.15, 0.2) is 35.3 Å². The average Bonchev–Trinajstić information content (AvgIpc) is 2.57. The molecule has 0 bridgehead atoms. The lowest BCUT2D eigenvalue weighted by atomic mass is 10.1. The highest BCUT2D eigenvalue weighted by molar-refractivity contribution is 5.94. The molecule has 1 heterocycles. The fourth-order valence-electron chi connectivity index (χ4n) is 1.73. The van der Waals surface area contributed by atoms with Crippen LogP contribution in [0.5, 0.6) is 0 Å². The van der Waals surface area contributed by atoms with Crippen molar-refractivity contribution >= 4 is 17.7 Å². The van der Waals surface area contributed by atoms with Gasteiger partial charge in [-0.05, 0) is 31.7 Å². The molecule has 0 fully saturated rings. The van der Waals surface area contributed by atoms with Gasteiger partial charge >= 0.3 is 0 Å². The first kappa shape index (κ1) is 10.8. The Balaban J connectivity index is 2.27. The second-order valence-corrected chi connectivity index (χ2v) is 3.97. The average molecular weight is 213 g/mol. The Hall–Kier alpha value is -1.70. The zero-order chi connectivity index (χ0) is 11.4. The molecule has 1 aliphatic heterocycles. The number of carbonyl (C=O) groups is 1. The van der Waals surface area contributed by atoms with Crippen LogP contribution in [0.2, 0.25) is 0 Å². The van der Waals surface area contributed by atoms with Crippen molar-refractivity contribution in [1.29, 1.82) is 0 Å². The molecule has 0 aliphatic carbocycles. The van der Waals surface area contributed by atoms with Crippen LogP contribution in [0.25, 0.3) is 5.70 Å². The van der Waals surface area contributed by atoms with Crippen LogP contribution in [0.1, 0.15) is 42.1 Å². The minimum atomic E-state index is 0.102. The quantitative estimate of drug-likeness (QED) is 0.691. The summed E-state index contributed by atoms with van der Waals surface area (Å²) in [6.45, 7) is 1.58. The summed E-state index contributed by atoms with van der Waals surface area (Å²) in [5.41, 5.74) is 2.86. The monoisotopic (exact) mass is 213 g/mol. The van der Waals surface area contributed by atoms with Crippen molar-refractivity contribution in [2.75, 3.05) is 0 Å². The van der Waals surface area contributed by atoms with E-state index in [9.17, 15) is 4.79 Å². The van der Waals surface area contributed by atoms with Gasteiger partial charge in [0.2, 0.25) is 0 Å². The van der Waals surface area contributed by atoms with E-state index in [1.54, 1.807) is 6.92 Å². The van der Waals surface area contributed by atoms with Crippen LogP contribution < -0.4 is 0 Å². The molecule has 0 radical (unpaired) electrons. The molecule has 2 rings (SSSR count). The molecule has 0 saturated heterocycles. The molecule has 82 valence electrons.